The number of carbonyl (C=O) groups excluding carboxylic acids is 1. The highest BCUT2D eigenvalue weighted by Gasteiger charge is 2.28. The Morgan fingerprint density at radius 1 is 1.35 bits per heavy atom. The first-order chi connectivity index (χ1) is 10.6. The van der Waals surface area contributed by atoms with Gasteiger partial charge in [0.15, 0.2) is 18.2 Å². The van der Waals surface area contributed by atoms with Crippen molar-refractivity contribution in [2.75, 3.05) is 0 Å². The molecule has 2 heterocycles. The number of halogens is 3. The number of carboxylic acid groups (broad SMARTS) is 2. The second kappa shape index (κ2) is 7.29. The predicted molar refractivity (Wildman–Crippen MR) is 63.1 cm³/mol. The topological polar surface area (TPSA) is 125 Å². The zero-order valence-electron chi connectivity index (χ0n) is 11.6. The predicted octanol–water partition coefficient (Wildman–Crippen LogP) is -1.45. The summed E-state index contributed by atoms with van der Waals surface area (Å²) in [4.78, 5) is 19.3. The Morgan fingerprint density at radius 3 is 2.22 bits per heavy atom. The lowest BCUT2D eigenvalue weighted by Gasteiger charge is -2.03. The minimum absolute atomic E-state index is 0.0582. The fraction of sp³-hybridized carbons (Fsp3) is 0.273. The van der Waals surface area contributed by atoms with Gasteiger partial charge in [0.2, 0.25) is 6.54 Å². The van der Waals surface area contributed by atoms with Crippen LogP contribution in [0, 0.1) is 0 Å². The van der Waals surface area contributed by atoms with Crippen molar-refractivity contribution in [3.05, 3.63) is 24.5 Å². The normalized spacial score (nSPS) is 10.6. The van der Waals surface area contributed by atoms with Gasteiger partial charge in [0.25, 0.3) is 0 Å². The molecule has 9 nitrogen and oxygen atoms in total. The molecule has 0 radical (unpaired) electrons. The van der Waals surface area contributed by atoms with E-state index in [4.69, 9.17) is 15.0 Å². The largest absolute Gasteiger partial charge is 0.542 e. The van der Waals surface area contributed by atoms with Crippen LogP contribution in [0.25, 0.3) is 11.4 Å². The van der Waals surface area contributed by atoms with Crippen LogP contribution in [0.2, 0.25) is 0 Å². The summed E-state index contributed by atoms with van der Waals surface area (Å²) in [6, 6.07) is 3.54. The van der Waals surface area contributed by atoms with Crippen molar-refractivity contribution in [3.63, 3.8) is 0 Å². The standard InChI is InChI=1S/C9H9N5O2.C2HF3O2/c1-13-9(10-11-12-13)7-2-4-14(5-3-7)6-8(15)16;3-2(4,5)1(6)7/h2-5H,6H2,1H3;(H,6,7). The number of carbonyl (C=O) groups is 2. The van der Waals surface area contributed by atoms with Crippen molar-refractivity contribution in [2.45, 2.75) is 12.7 Å². The van der Waals surface area contributed by atoms with Gasteiger partial charge < -0.3 is 15.0 Å². The summed E-state index contributed by atoms with van der Waals surface area (Å²) < 4.78 is 34.7. The van der Waals surface area contributed by atoms with Gasteiger partial charge in [-0.05, 0) is 10.4 Å². The summed E-state index contributed by atoms with van der Waals surface area (Å²) >= 11 is 0. The fourth-order valence-corrected chi connectivity index (χ4v) is 1.34. The summed E-state index contributed by atoms with van der Waals surface area (Å²) in [5.74, 6) is -3.24. The first-order valence-electron chi connectivity index (χ1n) is 5.83. The Labute approximate surface area is 126 Å². The third kappa shape index (κ3) is 5.68. The molecule has 0 bridgehead atoms. The van der Waals surface area contributed by atoms with Crippen molar-refractivity contribution in [1.29, 1.82) is 0 Å². The maximum absolute atomic E-state index is 10.5. The minimum atomic E-state index is -5.19. The molecule has 12 heteroatoms. The molecule has 0 atom stereocenters. The van der Waals surface area contributed by atoms with E-state index >= 15 is 0 Å². The van der Waals surface area contributed by atoms with Gasteiger partial charge in [-0.25, -0.2) is 9.48 Å². The summed E-state index contributed by atoms with van der Waals surface area (Å²) in [6.07, 6.45) is -1.84. The molecule has 0 fully saturated rings. The van der Waals surface area contributed by atoms with E-state index in [9.17, 15) is 18.0 Å². The highest BCUT2D eigenvalue weighted by Crippen LogP contribution is 2.12. The molecule has 0 aliphatic heterocycles. The van der Waals surface area contributed by atoms with E-state index in [0.29, 0.717) is 5.82 Å². The molecule has 0 aromatic carbocycles. The first kappa shape index (κ1) is 18.0. The van der Waals surface area contributed by atoms with Crippen LogP contribution < -0.4 is 9.67 Å². The second-order valence-electron chi connectivity index (χ2n) is 4.06. The second-order valence-corrected chi connectivity index (χ2v) is 4.06. The Bertz CT molecular complexity index is 684. The molecule has 0 aliphatic rings. The zero-order chi connectivity index (χ0) is 17.6. The maximum atomic E-state index is 10.5. The van der Waals surface area contributed by atoms with Gasteiger partial charge in [0.1, 0.15) is 5.97 Å². The van der Waals surface area contributed by atoms with E-state index < -0.39 is 18.1 Å². The van der Waals surface area contributed by atoms with E-state index in [1.807, 2.05) is 0 Å². The molecule has 2 aromatic heterocycles. The zero-order valence-corrected chi connectivity index (χ0v) is 11.6. The molecule has 0 saturated carbocycles. The molecule has 0 saturated heterocycles. The first-order valence-corrected chi connectivity index (χ1v) is 5.83. The molecule has 1 N–H and O–H groups in total. The number of aliphatic carboxylic acids is 2. The number of tetrazole rings is 1. The van der Waals surface area contributed by atoms with Crippen molar-refractivity contribution in [1.82, 2.24) is 20.2 Å². The van der Waals surface area contributed by atoms with Gasteiger partial charge in [-0.2, -0.15) is 17.7 Å². The average Bonchev–Trinajstić information content (AvgIpc) is 2.85. The number of hydrogen-bond donors (Lipinski definition) is 1. The van der Waals surface area contributed by atoms with Crippen LogP contribution in [0.15, 0.2) is 24.5 Å². The summed E-state index contributed by atoms with van der Waals surface area (Å²) in [7, 11) is 1.74. The lowest BCUT2D eigenvalue weighted by atomic mass is 10.2. The van der Waals surface area contributed by atoms with Crippen LogP contribution in [-0.4, -0.2) is 43.4 Å². The van der Waals surface area contributed by atoms with Gasteiger partial charge in [-0.15, -0.1) is 5.10 Å². The molecule has 124 valence electrons. The quantitative estimate of drug-likeness (QED) is 0.681. The van der Waals surface area contributed by atoms with Crippen LogP contribution in [0.5, 0.6) is 0 Å². The van der Waals surface area contributed by atoms with E-state index in [0.717, 1.165) is 5.56 Å². The van der Waals surface area contributed by atoms with Crippen LogP contribution in [0.4, 0.5) is 13.2 Å². The lowest BCUT2D eigenvalue weighted by molar-refractivity contribution is -0.685. The van der Waals surface area contributed by atoms with Crippen molar-refractivity contribution >= 4 is 11.9 Å². The van der Waals surface area contributed by atoms with Crippen LogP contribution in [0.1, 0.15) is 0 Å². The maximum Gasteiger partial charge on any atom is 0.430 e. The number of carboxylic acids is 2. The number of nitrogens with zero attached hydrogens (tertiary/aromatic N) is 5. The number of aromatic nitrogens is 5. The Hall–Kier alpha value is -3.05. The van der Waals surface area contributed by atoms with Gasteiger partial charge in [0.05, 0.1) is 0 Å². The molecular weight excluding hydrogens is 323 g/mol. The van der Waals surface area contributed by atoms with E-state index in [-0.39, 0.29) is 6.54 Å². The molecule has 0 amide bonds. The minimum Gasteiger partial charge on any atom is -0.542 e. The molecule has 23 heavy (non-hydrogen) atoms. The van der Waals surface area contributed by atoms with Crippen LogP contribution in [0.3, 0.4) is 0 Å². The molecule has 2 aromatic rings. The summed E-state index contributed by atoms with van der Waals surface area (Å²) in [6.45, 7) is -0.0582. The van der Waals surface area contributed by atoms with Gasteiger partial charge in [-0.3, -0.25) is 0 Å². The van der Waals surface area contributed by atoms with E-state index in [1.165, 1.54) is 0 Å². The van der Waals surface area contributed by atoms with E-state index in [1.54, 1.807) is 40.8 Å². The van der Waals surface area contributed by atoms with Crippen molar-refractivity contribution in [3.8, 4) is 11.4 Å². The highest BCUT2D eigenvalue weighted by molar-refractivity contribution is 5.70. The number of pyridine rings is 1. The smallest absolute Gasteiger partial charge is 0.430 e. The third-order valence-electron chi connectivity index (χ3n) is 2.32. The fourth-order valence-electron chi connectivity index (χ4n) is 1.34. The average molecular weight is 333 g/mol. The lowest BCUT2D eigenvalue weighted by Crippen LogP contribution is -2.37. The van der Waals surface area contributed by atoms with Gasteiger partial charge in [0, 0.05) is 24.7 Å². The highest BCUT2D eigenvalue weighted by atomic mass is 19.4. The number of alkyl halides is 3. The van der Waals surface area contributed by atoms with Crippen LogP contribution >= 0.6 is 0 Å². The summed E-state index contributed by atoms with van der Waals surface area (Å²) in [5.41, 5.74) is 0.842. The molecular formula is C11H10F3N5O4. The molecule has 2 rings (SSSR count). The Morgan fingerprint density at radius 2 is 1.87 bits per heavy atom. The number of aryl methyl sites for hydroxylation is 1. The monoisotopic (exact) mass is 333 g/mol. The van der Waals surface area contributed by atoms with Crippen LogP contribution in [-0.2, 0) is 23.2 Å². The Balaban J connectivity index is 0.000000322. The summed E-state index contributed by atoms with van der Waals surface area (Å²) in [5, 5.41) is 28.5. The van der Waals surface area contributed by atoms with Crippen molar-refractivity contribution < 1.29 is 37.5 Å². The van der Waals surface area contributed by atoms with Gasteiger partial charge >= 0.3 is 12.1 Å². The van der Waals surface area contributed by atoms with Gasteiger partial charge in [-0.1, -0.05) is 0 Å². The number of rotatable bonds is 3. The third-order valence-corrected chi connectivity index (χ3v) is 2.32. The molecule has 0 unspecified atom stereocenters. The van der Waals surface area contributed by atoms with E-state index in [2.05, 4.69) is 15.5 Å². The molecule has 0 aliphatic carbocycles. The molecule has 0 spiro atoms. The Kier molecular flexibility index (Phi) is 5.70. The number of hydrogen-bond acceptors (Lipinski definition) is 6. The SMILES string of the molecule is Cn1nnnc1-c1cc[n+](CC(=O)O)cc1.O=C([O-])C(F)(F)F. The van der Waals surface area contributed by atoms with Crippen molar-refractivity contribution in [2.24, 2.45) is 7.05 Å².